The van der Waals surface area contributed by atoms with Crippen LogP contribution in [0.25, 0.3) is 0 Å². The SMILES string of the molecule is O=C(O)C1CCCN(C(=O)C2(c3cccc(Br)c3)CCOCC2)C1. The highest BCUT2D eigenvalue weighted by Gasteiger charge is 2.45. The zero-order valence-electron chi connectivity index (χ0n) is 13.5. The summed E-state index contributed by atoms with van der Waals surface area (Å²) in [6.07, 6.45) is 2.66. The molecule has 0 spiro atoms. The van der Waals surface area contributed by atoms with Gasteiger partial charge in [-0.05, 0) is 43.4 Å². The van der Waals surface area contributed by atoms with Crippen molar-refractivity contribution in [2.45, 2.75) is 31.1 Å². The number of piperidine rings is 1. The lowest BCUT2D eigenvalue weighted by Crippen LogP contribution is -2.53. The molecule has 2 aliphatic rings. The van der Waals surface area contributed by atoms with E-state index in [4.69, 9.17) is 4.74 Å². The summed E-state index contributed by atoms with van der Waals surface area (Å²) < 4.78 is 6.44. The minimum Gasteiger partial charge on any atom is -0.481 e. The van der Waals surface area contributed by atoms with E-state index in [1.807, 2.05) is 24.3 Å². The van der Waals surface area contributed by atoms with E-state index in [1.165, 1.54) is 0 Å². The highest BCUT2D eigenvalue weighted by Crippen LogP contribution is 2.38. The van der Waals surface area contributed by atoms with Crippen LogP contribution in [0.5, 0.6) is 0 Å². The number of hydrogen-bond acceptors (Lipinski definition) is 3. The number of carboxylic acids is 1. The van der Waals surface area contributed by atoms with Crippen LogP contribution in [0.3, 0.4) is 0 Å². The summed E-state index contributed by atoms with van der Waals surface area (Å²) in [5.41, 5.74) is 0.380. The second-order valence-electron chi connectivity index (χ2n) is 6.63. The number of halogens is 1. The fraction of sp³-hybridized carbons (Fsp3) is 0.556. The number of carbonyl (C=O) groups excluding carboxylic acids is 1. The Bertz CT molecular complexity index is 627. The molecule has 0 aliphatic carbocycles. The van der Waals surface area contributed by atoms with Crippen LogP contribution < -0.4 is 0 Å². The van der Waals surface area contributed by atoms with Gasteiger partial charge in [-0.3, -0.25) is 9.59 Å². The van der Waals surface area contributed by atoms with Gasteiger partial charge < -0.3 is 14.7 Å². The summed E-state index contributed by atoms with van der Waals surface area (Å²) in [6, 6.07) is 7.89. The first-order valence-electron chi connectivity index (χ1n) is 8.39. The van der Waals surface area contributed by atoms with Gasteiger partial charge in [0.1, 0.15) is 0 Å². The minimum atomic E-state index is -0.809. The van der Waals surface area contributed by atoms with Gasteiger partial charge in [0.15, 0.2) is 0 Å². The molecule has 0 saturated carbocycles. The van der Waals surface area contributed by atoms with Gasteiger partial charge in [0.25, 0.3) is 0 Å². The van der Waals surface area contributed by atoms with Gasteiger partial charge in [-0.1, -0.05) is 28.1 Å². The highest BCUT2D eigenvalue weighted by molar-refractivity contribution is 9.10. The summed E-state index contributed by atoms with van der Waals surface area (Å²) >= 11 is 3.49. The first kappa shape index (κ1) is 17.4. The summed E-state index contributed by atoms with van der Waals surface area (Å²) in [5.74, 6) is -1.21. The Morgan fingerprint density at radius 1 is 1.29 bits per heavy atom. The number of ether oxygens (including phenoxy) is 1. The molecule has 1 amide bonds. The van der Waals surface area contributed by atoms with Crippen LogP contribution in [-0.4, -0.2) is 48.2 Å². The molecule has 130 valence electrons. The van der Waals surface area contributed by atoms with E-state index in [-0.39, 0.29) is 5.91 Å². The summed E-state index contributed by atoms with van der Waals surface area (Å²) in [5, 5.41) is 9.30. The van der Waals surface area contributed by atoms with E-state index in [0.717, 1.165) is 16.5 Å². The number of benzene rings is 1. The number of hydrogen-bond donors (Lipinski definition) is 1. The van der Waals surface area contributed by atoms with Crippen LogP contribution in [0.15, 0.2) is 28.7 Å². The van der Waals surface area contributed by atoms with Crippen LogP contribution >= 0.6 is 15.9 Å². The van der Waals surface area contributed by atoms with E-state index in [9.17, 15) is 14.7 Å². The van der Waals surface area contributed by atoms with E-state index >= 15 is 0 Å². The highest BCUT2D eigenvalue weighted by atomic mass is 79.9. The number of rotatable bonds is 3. The van der Waals surface area contributed by atoms with Gasteiger partial charge in [-0.25, -0.2) is 0 Å². The van der Waals surface area contributed by atoms with Crippen molar-refractivity contribution in [1.29, 1.82) is 0 Å². The first-order chi connectivity index (χ1) is 11.5. The quantitative estimate of drug-likeness (QED) is 0.854. The Morgan fingerprint density at radius 2 is 2.04 bits per heavy atom. The van der Waals surface area contributed by atoms with E-state index in [1.54, 1.807) is 4.90 Å². The van der Waals surface area contributed by atoms with E-state index in [2.05, 4.69) is 15.9 Å². The molecule has 0 bridgehead atoms. The number of aliphatic carboxylic acids is 1. The van der Waals surface area contributed by atoms with Gasteiger partial charge in [0, 0.05) is 30.8 Å². The molecule has 3 rings (SSSR count). The van der Waals surface area contributed by atoms with E-state index < -0.39 is 17.3 Å². The predicted molar refractivity (Wildman–Crippen MR) is 92.8 cm³/mol. The maximum atomic E-state index is 13.4. The molecule has 0 radical (unpaired) electrons. The third-order valence-corrected chi connectivity index (χ3v) is 5.68. The third-order valence-electron chi connectivity index (χ3n) is 5.19. The van der Waals surface area contributed by atoms with E-state index in [0.29, 0.717) is 45.6 Å². The number of carbonyl (C=O) groups is 2. The Kier molecular flexibility index (Phi) is 5.25. The second-order valence-corrected chi connectivity index (χ2v) is 7.55. The normalized spacial score (nSPS) is 23.7. The van der Waals surface area contributed by atoms with Crippen molar-refractivity contribution in [2.24, 2.45) is 5.92 Å². The summed E-state index contributed by atoms with van der Waals surface area (Å²) in [6.45, 7) is 2.05. The molecule has 1 N–H and O–H groups in total. The average molecular weight is 396 g/mol. The van der Waals surface area contributed by atoms with Gasteiger partial charge >= 0.3 is 5.97 Å². The molecule has 1 atom stereocenters. The fourth-order valence-electron chi connectivity index (χ4n) is 3.80. The molecule has 1 aromatic carbocycles. The molecule has 0 aromatic heterocycles. The third kappa shape index (κ3) is 3.35. The number of amides is 1. The molecule has 1 unspecified atom stereocenters. The smallest absolute Gasteiger partial charge is 0.308 e. The van der Waals surface area contributed by atoms with Crippen molar-refractivity contribution < 1.29 is 19.4 Å². The van der Waals surface area contributed by atoms with Gasteiger partial charge in [-0.15, -0.1) is 0 Å². The van der Waals surface area contributed by atoms with Crippen LogP contribution in [-0.2, 0) is 19.7 Å². The lowest BCUT2D eigenvalue weighted by molar-refractivity contribution is -0.149. The van der Waals surface area contributed by atoms with Crippen LogP contribution in [0.2, 0.25) is 0 Å². The lowest BCUT2D eigenvalue weighted by atomic mass is 9.72. The molecule has 2 heterocycles. The molecular weight excluding hydrogens is 374 g/mol. The Labute approximate surface area is 150 Å². The molecule has 2 aliphatic heterocycles. The largest absolute Gasteiger partial charge is 0.481 e. The Morgan fingerprint density at radius 3 is 2.71 bits per heavy atom. The van der Waals surface area contributed by atoms with Crippen molar-refractivity contribution in [3.8, 4) is 0 Å². The molecular formula is C18H22BrNO4. The van der Waals surface area contributed by atoms with Crippen molar-refractivity contribution in [3.63, 3.8) is 0 Å². The van der Waals surface area contributed by atoms with Crippen molar-refractivity contribution in [1.82, 2.24) is 4.90 Å². The molecule has 24 heavy (non-hydrogen) atoms. The van der Waals surface area contributed by atoms with Crippen molar-refractivity contribution in [3.05, 3.63) is 34.3 Å². The maximum Gasteiger partial charge on any atom is 0.308 e. The minimum absolute atomic E-state index is 0.0508. The number of likely N-dealkylation sites (tertiary alicyclic amines) is 1. The predicted octanol–water partition coefficient (Wildman–Crippen LogP) is 2.82. The number of nitrogens with zero attached hydrogens (tertiary/aromatic N) is 1. The summed E-state index contributed by atoms with van der Waals surface area (Å²) in [4.78, 5) is 26.5. The zero-order valence-corrected chi connectivity index (χ0v) is 15.1. The van der Waals surface area contributed by atoms with Crippen molar-refractivity contribution in [2.75, 3.05) is 26.3 Å². The van der Waals surface area contributed by atoms with Gasteiger partial charge in [0.05, 0.1) is 11.3 Å². The maximum absolute atomic E-state index is 13.4. The first-order valence-corrected chi connectivity index (χ1v) is 9.18. The molecule has 5 nitrogen and oxygen atoms in total. The molecule has 1 aromatic rings. The second kappa shape index (κ2) is 7.23. The monoisotopic (exact) mass is 395 g/mol. The van der Waals surface area contributed by atoms with Crippen LogP contribution in [0.4, 0.5) is 0 Å². The molecule has 6 heteroatoms. The average Bonchev–Trinajstić information content (AvgIpc) is 2.61. The van der Waals surface area contributed by atoms with Crippen molar-refractivity contribution >= 4 is 27.8 Å². The molecule has 2 fully saturated rings. The lowest BCUT2D eigenvalue weighted by Gasteiger charge is -2.42. The topological polar surface area (TPSA) is 66.8 Å². The van der Waals surface area contributed by atoms with Gasteiger partial charge in [0.2, 0.25) is 5.91 Å². The van der Waals surface area contributed by atoms with Gasteiger partial charge in [-0.2, -0.15) is 0 Å². The fourth-order valence-corrected chi connectivity index (χ4v) is 4.20. The zero-order chi connectivity index (χ0) is 17.2. The van der Waals surface area contributed by atoms with Crippen LogP contribution in [0.1, 0.15) is 31.2 Å². The number of carboxylic acid groups (broad SMARTS) is 1. The summed E-state index contributed by atoms with van der Waals surface area (Å²) in [7, 11) is 0. The Hall–Kier alpha value is -1.40. The standard InChI is InChI=1S/C18H22BrNO4/c19-15-5-1-4-14(11-15)18(6-9-24-10-7-18)17(23)20-8-2-3-13(12-20)16(21)22/h1,4-5,11,13H,2-3,6-10,12H2,(H,21,22). The Balaban J connectivity index is 1.91. The van der Waals surface area contributed by atoms with Crippen LogP contribution in [0, 0.1) is 5.92 Å². The molecule has 2 saturated heterocycles.